The van der Waals surface area contributed by atoms with Crippen LogP contribution in [0.2, 0.25) is 0 Å². The van der Waals surface area contributed by atoms with Gasteiger partial charge in [-0.15, -0.1) is 11.6 Å². The van der Waals surface area contributed by atoms with Crippen molar-refractivity contribution in [2.75, 3.05) is 37.9 Å². The Balaban J connectivity index is 4.31. The van der Waals surface area contributed by atoms with Gasteiger partial charge in [0.05, 0.1) is 12.4 Å². The maximum atomic E-state index is 11.9. The van der Waals surface area contributed by atoms with Gasteiger partial charge in [-0.1, -0.05) is 13.8 Å². The number of ether oxygens (including phenoxy) is 1. The molecule has 0 aliphatic carbocycles. The minimum Gasteiger partial charge on any atom is -0.380 e. The molecule has 0 amide bonds. The van der Waals surface area contributed by atoms with E-state index in [2.05, 4.69) is 0 Å². The normalized spacial score (nSPS) is 14.3. The zero-order chi connectivity index (χ0) is 12.6. The number of nitrogens with zero attached hydrogens (tertiary/aromatic N) is 1. The number of alkyl halides is 1. The molecule has 0 fully saturated rings. The Morgan fingerprint density at radius 3 is 2.44 bits per heavy atom. The van der Waals surface area contributed by atoms with Crippen LogP contribution in [0.15, 0.2) is 0 Å². The molecule has 0 aromatic carbocycles. The highest BCUT2D eigenvalue weighted by atomic mass is 35.5. The first-order chi connectivity index (χ1) is 7.47. The Morgan fingerprint density at radius 2 is 2.00 bits per heavy atom. The van der Waals surface area contributed by atoms with Gasteiger partial charge >= 0.3 is 0 Å². The molecule has 1 atom stereocenters. The first kappa shape index (κ1) is 16.2. The van der Waals surface area contributed by atoms with Crippen molar-refractivity contribution in [1.29, 1.82) is 0 Å². The quantitative estimate of drug-likeness (QED) is 0.472. The Labute approximate surface area is 104 Å². The van der Waals surface area contributed by atoms with Gasteiger partial charge in [0.2, 0.25) is 10.0 Å². The second-order valence-electron chi connectivity index (χ2n) is 3.73. The largest absolute Gasteiger partial charge is 0.380 e. The van der Waals surface area contributed by atoms with Crippen LogP contribution in [-0.4, -0.2) is 50.7 Å². The maximum absolute atomic E-state index is 11.9. The average Bonchev–Trinajstić information content (AvgIpc) is 2.23. The van der Waals surface area contributed by atoms with E-state index in [0.717, 1.165) is 0 Å². The summed E-state index contributed by atoms with van der Waals surface area (Å²) < 4.78 is 30.5. The van der Waals surface area contributed by atoms with Crippen molar-refractivity contribution in [3.05, 3.63) is 0 Å². The first-order valence-corrected chi connectivity index (χ1v) is 7.73. The molecule has 4 nitrogen and oxygen atoms in total. The van der Waals surface area contributed by atoms with Crippen molar-refractivity contribution in [3.8, 4) is 0 Å². The zero-order valence-corrected chi connectivity index (χ0v) is 11.9. The van der Waals surface area contributed by atoms with Crippen LogP contribution in [-0.2, 0) is 14.8 Å². The molecule has 16 heavy (non-hydrogen) atoms. The summed E-state index contributed by atoms with van der Waals surface area (Å²) in [6.07, 6.45) is 0. The summed E-state index contributed by atoms with van der Waals surface area (Å²) >= 11 is 5.63. The highest BCUT2D eigenvalue weighted by Crippen LogP contribution is 2.08. The molecule has 0 rings (SSSR count). The van der Waals surface area contributed by atoms with Crippen molar-refractivity contribution >= 4 is 21.6 Å². The molecule has 0 aliphatic rings. The molecule has 0 aromatic rings. The monoisotopic (exact) mass is 271 g/mol. The standard InChI is InChI=1S/C10H22ClNO3S/c1-4-12(6-7-15-5-2)16(13,14)9-10(3)8-11/h10H,4-9H2,1-3H3. The molecule has 0 heterocycles. The fourth-order valence-corrected chi connectivity index (χ4v) is 3.35. The predicted octanol–water partition coefficient (Wildman–Crippen LogP) is 1.55. The molecule has 0 radical (unpaired) electrons. The molecule has 0 saturated heterocycles. The van der Waals surface area contributed by atoms with Gasteiger partial charge in [-0.05, 0) is 12.8 Å². The lowest BCUT2D eigenvalue weighted by molar-refractivity contribution is 0.135. The van der Waals surface area contributed by atoms with Crippen LogP contribution in [0.3, 0.4) is 0 Å². The number of hydrogen-bond acceptors (Lipinski definition) is 3. The van der Waals surface area contributed by atoms with E-state index >= 15 is 0 Å². The van der Waals surface area contributed by atoms with Crippen molar-refractivity contribution in [3.63, 3.8) is 0 Å². The number of sulfonamides is 1. The number of rotatable bonds is 9. The van der Waals surface area contributed by atoms with Gasteiger partial charge in [-0.2, -0.15) is 4.31 Å². The SMILES string of the molecule is CCOCCN(CC)S(=O)(=O)CC(C)CCl. The molecule has 0 aromatic heterocycles. The van der Waals surface area contributed by atoms with E-state index < -0.39 is 10.0 Å². The summed E-state index contributed by atoms with van der Waals surface area (Å²) in [5.41, 5.74) is 0. The molecular weight excluding hydrogens is 250 g/mol. The Hall–Kier alpha value is 0.160. The summed E-state index contributed by atoms with van der Waals surface area (Å²) in [4.78, 5) is 0. The topological polar surface area (TPSA) is 46.6 Å². The Bertz CT molecular complexity index is 269. The molecule has 6 heteroatoms. The second kappa shape index (κ2) is 8.28. The van der Waals surface area contributed by atoms with Crippen LogP contribution < -0.4 is 0 Å². The molecule has 0 aliphatic heterocycles. The summed E-state index contributed by atoms with van der Waals surface area (Å²) in [5, 5.41) is 0. The van der Waals surface area contributed by atoms with Gasteiger partial charge in [0, 0.05) is 25.6 Å². The second-order valence-corrected chi connectivity index (χ2v) is 6.05. The van der Waals surface area contributed by atoms with Gasteiger partial charge in [-0.25, -0.2) is 8.42 Å². The lowest BCUT2D eigenvalue weighted by Crippen LogP contribution is -2.37. The number of hydrogen-bond donors (Lipinski definition) is 0. The third kappa shape index (κ3) is 6.03. The van der Waals surface area contributed by atoms with Crippen LogP contribution in [0.1, 0.15) is 20.8 Å². The molecule has 0 spiro atoms. The Kier molecular flexibility index (Phi) is 8.36. The summed E-state index contributed by atoms with van der Waals surface area (Å²) in [7, 11) is -3.20. The van der Waals surface area contributed by atoms with Crippen LogP contribution in [0.25, 0.3) is 0 Å². The van der Waals surface area contributed by atoms with E-state index in [1.54, 1.807) is 0 Å². The number of likely N-dealkylation sites (N-methyl/N-ethyl adjacent to an activating group) is 1. The van der Waals surface area contributed by atoms with E-state index in [0.29, 0.717) is 32.2 Å². The van der Waals surface area contributed by atoms with Crippen LogP contribution >= 0.6 is 11.6 Å². The third-order valence-corrected chi connectivity index (χ3v) is 4.94. The van der Waals surface area contributed by atoms with Crippen molar-refractivity contribution in [1.82, 2.24) is 4.31 Å². The van der Waals surface area contributed by atoms with E-state index in [-0.39, 0.29) is 11.7 Å². The van der Waals surface area contributed by atoms with Crippen molar-refractivity contribution < 1.29 is 13.2 Å². The molecule has 0 N–H and O–H groups in total. The lowest BCUT2D eigenvalue weighted by Gasteiger charge is -2.21. The Morgan fingerprint density at radius 1 is 1.38 bits per heavy atom. The van der Waals surface area contributed by atoms with Crippen LogP contribution in [0.5, 0.6) is 0 Å². The molecule has 1 unspecified atom stereocenters. The summed E-state index contributed by atoms with van der Waals surface area (Å²) in [5.74, 6) is 0.450. The van der Waals surface area contributed by atoms with Crippen molar-refractivity contribution in [2.45, 2.75) is 20.8 Å². The van der Waals surface area contributed by atoms with Crippen LogP contribution in [0.4, 0.5) is 0 Å². The van der Waals surface area contributed by atoms with Gasteiger partial charge in [-0.3, -0.25) is 0 Å². The van der Waals surface area contributed by atoms with Gasteiger partial charge in [0.15, 0.2) is 0 Å². The first-order valence-electron chi connectivity index (χ1n) is 5.59. The highest BCUT2D eigenvalue weighted by molar-refractivity contribution is 7.89. The minimum atomic E-state index is -3.20. The molecule has 98 valence electrons. The van der Waals surface area contributed by atoms with Gasteiger partial charge in [0.25, 0.3) is 0 Å². The maximum Gasteiger partial charge on any atom is 0.214 e. The fraction of sp³-hybridized carbons (Fsp3) is 1.00. The average molecular weight is 272 g/mol. The minimum absolute atomic E-state index is 0.0205. The molecular formula is C10H22ClNO3S. The summed E-state index contributed by atoms with van der Waals surface area (Å²) in [6.45, 7) is 7.50. The third-order valence-electron chi connectivity index (χ3n) is 2.19. The highest BCUT2D eigenvalue weighted by Gasteiger charge is 2.22. The summed E-state index contributed by atoms with van der Waals surface area (Å²) in [6, 6.07) is 0. The zero-order valence-electron chi connectivity index (χ0n) is 10.3. The number of halogens is 1. The lowest BCUT2D eigenvalue weighted by atomic mass is 10.3. The molecule has 0 bridgehead atoms. The van der Waals surface area contributed by atoms with Crippen LogP contribution in [0, 0.1) is 5.92 Å². The van der Waals surface area contributed by atoms with Gasteiger partial charge < -0.3 is 4.74 Å². The van der Waals surface area contributed by atoms with E-state index in [1.165, 1.54) is 4.31 Å². The smallest absolute Gasteiger partial charge is 0.214 e. The predicted molar refractivity (Wildman–Crippen MR) is 67.4 cm³/mol. The van der Waals surface area contributed by atoms with E-state index in [9.17, 15) is 8.42 Å². The van der Waals surface area contributed by atoms with E-state index in [4.69, 9.17) is 16.3 Å². The van der Waals surface area contributed by atoms with Gasteiger partial charge in [0.1, 0.15) is 0 Å². The molecule has 0 saturated carbocycles. The van der Waals surface area contributed by atoms with Crippen molar-refractivity contribution in [2.24, 2.45) is 5.92 Å². The fourth-order valence-electron chi connectivity index (χ4n) is 1.31. The van der Waals surface area contributed by atoms with E-state index in [1.807, 2.05) is 20.8 Å².